The number of benzene rings is 1. The Balaban J connectivity index is 1.89. The van der Waals surface area contributed by atoms with Crippen LogP contribution in [0.25, 0.3) is 11.4 Å². The smallest absolute Gasteiger partial charge is 0.365 e. The first-order chi connectivity index (χ1) is 10.9. The van der Waals surface area contributed by atoms with Crippen molar-refractivity contribution in [1.29, 1.82) is 0 Å². The quantitative estimate of drug-likeness (QED) is 0.850. The molecule has 1 aliphatic rings. The molecule has 0 bridgehead atoms. The van der Waals surface area contributed by atoms with Crippen molar-refractivity contribution in [1.82, 2.24) is 9.97 Å². The van der Waals surface area contributed by atoms with Crippen LogP contribution in [0.15, 0.2) is 36.4 Å². The Morgan fingerprint density at radius 1 is 1.17 bits per heavy atom. The summed E-state index contributed by atoms with van der Waals surface area (Å²) in [6.07, 6.45) is -6.16. The highest BCUT2D eigenvalue weighted by Crippen LogP contribution is 2.28. The Morgan fingerprint density at radius 2 is 1.91 bits per heavy atom. The van der Waals surface area contributed by atoms with E-state index in [-0.39, 0.29) is 13.2 Å². The number of anilines is 1. The van der Waals surface area contributed by atoms with Crippen LogP contribution >= 0.6 is 0 Å². The molecule has 0 radical (unpaired) electrons. The van der Waals surface area contributed by atoms with E-state index in [4.69, 9.17) is 4.74 Å². The fourth-order valence-corrected chi connectivity index (χ4v) is 2.49. The number of nitrogens with zero attached hydrogens (tertiary/aromatic N) is 3. The number of aryl methyl sites for hydroxylation is 1. The van der Waals surface area contributed by atoms with Crippen LogP contribution in [-0.2, 0) is 4.74 Å². The third-order valence-corrected chi connectivity index (χ3v) is 3.63. The zero-order valence-electron chi connectivity index (χ0n) is 12.5. The van der Waals surface area contributed by atoms with Crippen molar-refractivity contribution in [3.8, 4) is 11.4 Å². The van der Waals surface area contributed by atoms with Gasteiger partial charge in [-0.2, -0.15) is 13.2 Å². The van der Waals surface area contributed by atoms with Crippen molar-refractivity contribution in [3.05, 3.63) is 42.1 Å². The number of morpholine rings is 1. The van der Waals surface area contributed by atoms with E-state index in [1.807, 2.05) is 30.3 Å². The molecule has 7 heteroatoms. The monoisotopic (exact) mass is 323 g/mol. The van der Waals surface area contributed by atoms with Gasteiger partial charge in [0, 0.05) is 23.9 Å². The van der Waals surface area contributed by atoms with Crippen molar-refractivity contribution in [2.45, 2.75) is 19.2 Å². The Hall–Kier alpha value is -2.15. The number of ether oxygens (including phenoxy) is 1. The molecular weight excluding hydrogens is 307 g/mol. The van der Waals surface area contributed by atoms with Gasteiger partial charge in [0.25, 0.3) is 0 Å². The van der Waals surface area contributed by atoms with Gasteiger partial charge < -0.3 is 9.64 Å². The van der Waals surface area contributed by atoms with E-state index in [1.54, 1.807) is 17.9 Å². The van der Waals surface area contributed by atoms with Gasteiger partial charge in [-0.15, -0.1) is 0 Å². The van der Waals surface area contributed by atoms with Gasteiger partial charge in [0.15, 0.2) is 11.9 Å². The molecule has 23 heavy (non-hydrogen) atoms. The molecule has 1 aliphatic heterocycles. The maximum atomic E-state index is 12.9. The Labute approximate surface area is 131 Å². The van der Waals surface area contributed by atoms with Crippen LogP contribution in [-0.4, -0.2) is 41.9 Å². The lowest BCUT2D eigenvalue weighted by Crippen LogP contribution is -2.49. The van der Waals surface area contributed by atoms with Crippen LogP contribution in [0.1, 0.15) is 5.69 Å². The summed E-state index contributed by atoms with van der Waals surface area (Å²) in [5.41, 5.74) is 1.54. The largest absolute Gasteiger partial charge is 0.416 e. The number of rotatable bonds is 2. The van der Waals surface area contributed by atoms with Crippen LogP contribution in [0.4, 0.5) is 19.0 Å². The molecule has 0 spiro atoms. The molecule has 2 aromatic rings. The summed E-state index contributed by atoms with van der Waals surface area (Å²) in [6, 6.07) is 11.1. The van der Waals surface area contributed by atoms with E-state index < -0.39 is 12.3 Å². The lowest BCUT2D eigenvalue weighted by atomic mass is 10.2. The van der Waals surface area contributed by atoms with Crippen LogP contribution in [0.5, 0.6) is 0 Å². The zero-order valence-corrected chi connectivity index (χ0v) is 12.5. The van der Waals surface area contributed by atoms with Crippen LogP contribution in [0.3, 0.4) is 0 Å². The summed E-state index contributed by atoms with van der Waals surface area (Å²) in [5, 5.41) is 0. The van der Waals surface area contributed by atoms with Gasteiger partial charge >= 0.3 is 6.18 Å². The number of hydrogen-bond donors (Lipinski definition) is 0. The number of alkyl halides is 3. The Bertz CT molecular complexity index is 676. The number of halogens is 3. The maximum absolute atomic E-state index is 12.9. The molecule has 1 fully saturated rings. The molecule has 0 amide bonds. The molecule has 1 aromatic heterocycles. The number of hydrogen-bond acceptors (Lipinski definition) is 4. The van der Waals surface area contributed by atoms with E-state index in [2.05, 4.69) is 9.97 Å². The predicted octanol–water partition coefficient (Wildman–Crippen LogP) is 3.22. The lowest BCUT2D eigenvalue weighted by Gasteiger charge is -2.34. The molecule has 0 unspecified atom stereocenters. The summed E-state index contributed by atoms with van der Waals surface area (Å²) in [7, 11) is 0. The van der Waals surface area contributed by atoms with Crippen molar-refractivity contribution in [2.24, 2.45) is 0 Å². The zero-order chi connectivity index (χ0) is 16.4. The van der Waals surface area contributed by atoms with Gasteiger partial charge in [-0.1, -0.05) is 30.3 Å². The molecule has 0 aliphatic carbocycles. The average Bonchev–Trinajstić information content (AvgIpc) is 2.54. The topological polar surface area (TPSA) is 38.2 Å². The van der Waals surface area contributed by atoms with Gasteiger partial charge in [0.1, 0.15) is 5.82 Å². The number of aromatic nitrogens is 2. The van der Waals surface area contributed by atoms with Gasteiger partial charge in [0.2, 0.25) is 0 Å². The second kappa shape index (κ2) is 6.16. The predicted molar refractivity (Wildman–Crippen MR) is 80.2 cm³/mol. The third-order valence-electron chi connectivity index (χ3n) is 3.63. The molecule has 0 N–H and O–H groups in total. The van der Waals surface area contributed by atoms with Crippen molar-refractivity contribution in [2.75, 3.05) is 24.6 Å². The summed E-state index contributed by atoms with van der Waals surface area (Å²) in [5.74, 6) is 1.00. The first-order valence-electron chi connectivity index (χ1n) is 7.28. The van der Waals surface area contributed by atoms with Crippen LogP contribution < -0.4 is 4.90 Å². The van der Waals surface area contributed by atoms with Gasteiger partial charge in [-0.05, 0) is 6.92 Å². The second-order valence-electron chi connectivity index (χ2n) is 5.40. The molecule has 1 atom stereocenters. The molecule has 1 saturated heterocycles. The van der Waals surface area contributed by atoms with Crippen molar-refractivity contribution < 1.29 is 17.9 Å². The molecule has 1 aromatic carbocycles. The highest BCUT2D eigenvalue weighted by Gasteiger charge is 2.43. The van der Waals surface area contributed by atoms with Gasteiger partial charge in [0.05, 0.1) is 13.2 Å². The fourth-order valence-electron chi connectivity index (χ4n) is 2.49. The van der Waals surface area contributed by atoms with Crippen molar-refractivity contribution >= 4 is 5.82 Å². The van der Waals surface area contributed by atoms with E-state index in [9.17, 15) is 13.2 Å². The van der Waals surface area contributed by atoms with E-state index in [0.717, 1.165) is 5.56 Å². The van der Waals surface area contributed by atoms with E-state index in [1.165, 1.54) is 0 Å². The Kier molecular flexibility index (Phi) is 4.21. The maximum Gasteiger partial charge on any atom is 0.416 e. The van der Waals surface area contributed by atoms with Crippen LogP contribution in [0, 0.1) is 6.92 Å². The average molecular weight is 323 g/mol. The van der Waals surface area contributed by atoms with Crippen molar-refractivity contribution in [3.63, 3.8) is 0 Å². The molecule has 2 heterocycles. The molecule has 3 rings (SSSR count). The van der Waals surface area contributed by atoms with Gasteiger partial charge in [-0.3, -0.25) is 0 Å². The molecule has 0 saturated carbocycles. The lowest BCUT2D eigenvalue weighted by molar-refractivity contribution is -0.221. The summed E-state index contributed by atoms with van der Waals surface area (Å²) >= 11 is 0. The second-order valence-corrected chi connectivity index (χ2v) is 5.40. The highest BCUT2D eigenvalue weighted by atomic mass is 19.4. The Morgan fingerprint density at radius 3 is 2.61 bits per heavy atom. The summed E-state index contributed by atoms with van der Waals surface area (Å²) in [6.45, 7) is 1.94. The normalized spacial score (nSPS) is 19.0. The minimum Gasteiger partial charge on any atom is -0.365 e. The third kappa shape index (κ3) is 3.61. The summed E-state index contributed by atoms with van der Waals surface area (Å²) in [4.78, 5) is 10.4. The standard InChI is InChI=1S/C16H16F3N3O/c1-11-9-14(21-15(20-11)12-5-3-2-4-6-12)22-7-8-23-13(10-22)16(17,18)19/h2-6,9,13H,7-8,10H2,1H3/t13-/m1/s1. The van der Waals surface area contributed by atoms with Crippen LogP contribution in [0.2, 0.25) is 0 Å². The molecule has 122 valence electrons. The SMILES string of the molecule is Cc1cc(N2CCO[C@@H](C(F)(F)F)C2)nc(-c2ccccc2)n1. The first kappa shape index (κ1) is 15.7. The van der Waals surface area contributed by atoms with E-state index >= 15 is 0 Å². The highest BCUT2D eigenvalue weighted by molar-refractivity contribution is 5.58. The minimum atomic E-state index is -4.37. The minimum absolute atomic E-state index is 0.0217. The first-order valence-corrected chi connectivity index (χ1v) is 7.28. The van der Waals surface area contributed by atoms with Gasteiger partial charge in [-0.25, -0.2) is 9.97 Å². The molecule has 4 nitrogen and oxygen atoms in total. The summed E-state index contributed by atoms with van der Waals surface area (Å²) < 4.78 is 43.4. The fraction of sp³-hybridized carbons (Fsp3) is 0.375. The van der Waals surface area contributed by atoms with E-state index in [0.29, 0.717) is 23.9 Å². The molecular formula is C16H16F3N3O.